The van der Waals surface area contributed by atoms with Gasteiger partial charge in [-0.1, -0.05) is 26.0 Å². The molecule has 0 aliphatic carbocycles. The van der Waals surface area contributed by atoms with Crippen molar-refractivity contribution < 1.29 is 38.8 Å². The Labute approximate surface area is 262 Å². The summed E-state index contributed by atoms with van der Waals surface area (Å²) in [5.74, 6) is 0.403. The largest absolute Gasteiger partial charge is 0.388 e. The van der Waals surface area contributed by atoms with Gasteiger partial charge in [-0.2, -0.15) is 0 Å². The van der Waals surface area contributed by atoms with Gasteiger partial charge in [0.15, 0.2) is 0 Å². The van der Waals surface area contributed by atoms with Crippen LogP contribution in [0.2, 0.25) is 0 Å². The molecule has 2 amide bonds. The number of rotatable bonds is 7. The highest BCUT2D eigenvalue weighted by Gasteiger charge is 2.49. The van der Waals surface area contributed by atoms with Crippen LogP contribution in [0.15, 0.2) is 36.4 Å². The van der Waals surface area contributed by atoms with Crippen LogP contribution in [0.25, 0.3) is 0 Å². The van der Waals surface area contributed by atoms with Crippen molar-refractivity contribution in [3.63, 3.8) is 0 Å². The molecule has 2 bridgehead atoms. The summed E-state index contributed by atoms with van der Waals surface area (Å²) >= 11 is 1.25. The molecule has 0 radical (unpaired) electrons. The van der Waals surface area contributed by atoms with Crippen molar-refractivity contribution in [2.75, 3.05) is 19.7 Å². The Morgan fingerprint density at radius 2 is 1.82 bits per heavy atom. The summed E-state index contributed by atoms with van der Waals surface area (Å²) in [7, 11) is 0. The van der Waals surface area contributed by atoms with E-state index < -0.39 is 47.8 Å². The second-order valence-corrected chi connectivity index (χ2v) is 14.4. The van der Waals surface area contributed by atoms with Crippen molar-refractivity contribution in [2.24, 2.45) is 17.8 Å². The van der Waals surface area contributed by atoms with Crippen molar-refractivity contribution in [3.8, 4) is 0 Å². The van der Waals surface area contributed by atoms with E-state index in [2.05, 4.69) is 29.8 Å². The van der Waals surface area contributed by atoms with Crippen LogP contribution in [0.1, 0.15) is 56.3 Å². The number of fused-ring (bicyclic) bond motifs is 3. The molecule has 12 heteroatoms. The summed E-state index contributed by atoms with van der Waals surface area (Å²) in [5, 5.41) is 41.6. The van der Waals surface area contributed by atoms with Gasteiger partial charge in [-0.3, -0.25) is 9.59 Å². The fourth-order valence-corrected chi connectivity index (χ4v) is 8.21. The van der Waals surface area contributed by atoms with Crippen LogP contribution in [0.3, 0.4) is 0 Å². The van der Waals surface area contributed by atoms with Crippen LogP contribution >= 0.6 is 11.8 Å². The van der Waals surface area contributed by atoms with Gasteiger partial charge in [0, 0.05) is 30.5 Å². The molecular weight excluding hydrogens is 589 g/mol. The van der Waals surface area contributed by atoms with Gasteiger partial charge in [0.2, 0.25) is 5.91 Å². The molecule has 1 aromatic rings. The zero-order chi connectivity index (χ0) is 31.4. The monoisotopic (exact) mass is 635 g/mol. The molecule has 3 fully saturated rings. The van der Waals surface area contributed by atoms with Gasteiger partial charge >= 0.3 is 0 Å². The van der Waals surface area contributed by atoms with Crippen molar-refractivity contribution in [1.82, 2.24) is 16.0 Å². The number of halogens is 1. The molecule has 4 aliphatic rings. The van der Waals surface area contributed by atoms with E-state index in [0.717, 1.165) is 19.3 Å². The molecule has 4 heterocycles. The molecule has 11 atom stereocenters. The molecule has 0 spiro atoms. The Hall–Kier alpha value is -2.06. The SMILES string of the molecule is CC(C)C[C@@H]1CCO[C@@H]2[C@H](CN[C@@H]2C(=O)N[C@@H]2CC=CC[C@@H](CNC(=O)c3ccc(F)cc3)S[C@H]3O[C@H]2[C@H](O)[C@H](O)[C@H]3O)C1. The predicted octanol–water partition coefficient (Wildman–Crippen LogP) is 1.73. The molecule has 4 aliphatic heterocycles. The first-order chi connectivity index (χ1) is 21.1. The lowest BCUT2D eigenvalue weighted by molar-refractivity contribution is -0.205. The number of thioether (sulfide) groups is 1. The number of allylic oxidation sites excluding steroid dienone is 1. The van der Waals surface area contributed by atoms with Crippen molar-refractivity contribution in [3.05, 3.63) is 47.8 Å². The van der Waals surface area contributed by atoms with Gasteiger partial charge in [-0.15, -0.1) is 11.8 Å². The molecule has 0 unspecified atom stereocenters. The fourth-order valence-electron chi connectivity index (χ4n) is 6.92. The minimum Gasteiger partial charge on any atom is -0.388 e. The smallest absolute Gasteiger partial charge is 0.251 e. The lowest BCUT2D eigenvalue weighted by Gasteiger charge is -2.44. The highest BCUT2D eigenvalue weighted by Crippen LogP contribution is 2.36. The van der Waals surface area contributed by atoms with Gasteiger partial charge in [-0.05, 0) is 74.1 Å². The van der Waals surface area contributed by atoms with Crippen LogP contribution in [0, 0.1) is 23.6 Å². The van der Waals surface area contributed by atoms with E-state index in [1.54, 1.807) is 0 Å². The first-order valence-corrected chi connectivity index (χ1v) is 16.7. The van der Waals surface area contributed by atoms with E-state index in [9.17, 15) is 29.3 Å². The van der Waals surface area contributed by atoms with Crippen molar-refractivity contribution >= 4 is 23.6 Å². The number of amides is 2. The second kappa shape index (κ2) is 15.0. The molecule has 10 nitrogen and oxygen atoms in total. The fraction of sp³-hybridized carbons (Fsp3) is 0.688. The molecule has 3 saturated heterocycles. The molecule has 1 aromatic carbocycles. The quantitative estimate of drug-likeness (QED) is 0.247. The number of carbonyl (C=O) groups is 2. The third-order valence-electron chi connectivity index (χ3n) is 9.16. The van der Waals surface area contributed by atoms with Crippen LogP contribution < -0.4 is 16.0 Å². The number of benzene rings is 1. The maximum atomic E-state index is 13.6. The first-order valence-electron chi connectivity index (χ1n) is 15.8. The maximum absolute atomic E-state index is 13.6. The first kappa shape index (κ1) is 33.3. The minimum absolute atomic E-state index is 0.226. The van der Waals surface area contributed by atoms with Gasteiger partial charge in [-0.25, -0.2) is 4.39 Å². The van der Waals surface area contributed by atoms with E-state index in [1.165, 1.54) is 36.0 Å². The lowest BCUT2D eigenvalue weighted by atomic mass is 9.85. The van der Waals surface area contributed by atoms with Crippen LogP contribution in [-0.2, 0) is 14.3 Å². The molecule has 0 saturated carbocycles. The average Bonchev–Trinajstić information content (AvgIpc) is 3.28. The summed E-state index contributed by atoms with van der Waals surface area (Å²) < 4.78 is 25.7. The predicted molar refractivity (Wildman–Crippen MR) is 164 cm³/mol. The standard InChI is InChI=1S/C32H46FN3O7S/c1-17(2)13-18-11-12-42-28-20(14-18)15-34-24(28)31(41)36-23-6-4-3-5-22(16-35-30(40)19-7-9-21(33)10-8-19)44-32-27(39)25(37)26(38)29(23)43-32/h3-4,7-10,17-18,20,22-29,32,34,37-39H,5-6,11-16H2,1-2H3,(H,35,40)(H,36,41)/t18-,20-,22-,23+,24-,25-,26+,27+,28+,29+,32+/m0/s1. The zero-order valence-corrected chi connectivity index (χ0v) is 26.1. The van der Waals surface area contributed by atoms with Crippen LogP contribution in [0.5, 0.6) is 0 Å². The highest BCUT2D eigenvalue weighted by molar-refractivity contribution is 8.00. The number of hydrogen-bond acceptors (Lipinski definition) is 9. The van der Waals surface area contributed by atoms with E-state index in [4.69, 9.17) is 9.47 Å². The number of ether oxygens (including phenoxy) is 2. The van der Waals surface area contributed by atoms with E-state index in [-0.39, 0.29) is 35.6 Å². The number of aliphatic hydroxyl groups excluding tert-OH is 3. The highest BCUT2D eigenvalue weighted by atomic mass is 32.2. The summed E-state index contributed by atoms with van der Waals surface area (Å²) in [6, 6.07) is 4.06. The van der Waals surface area contributed by atoms with Crippen molar-refractivity contribution in [2.45, 2.75) is 99.2 Å². The van der Waals surface area contributed by atoms with Gasteiger partial charge in [0.1, 0.15) is 41.7 Å². The Kier molecular flexibility index (Phi) is 11.4. The molecule has 244 valence electrons. The van der Waals surface area contributed by atoms with E-state index >= 15 is 0 Å². The second-order valence-electron chi connectivity index (χ2n) is 13.0. The third kappa shape index (κ3) is 8.01. The number of carbonyl (C=O) groups excluding carboxylic acids is 2. The molecule has 0 aromatic heterocycles. The topological polar surface area (TPSA) is 149 Å². The van der Waals surface area contributed by atoms with Crippen LogP contribution in [0.4, 0.5) is 4.39 Å². The van der Waals surface area contributed by atoms with Gasteiger partial charge < -0.3 is 40.7 Å². The Balaban J connectivity index is 1.24. The van der Waals surface area contributed by atoms with Gasteiger partial charge in [0.05, 0.1) is 12.1 Å². The Bertz CT molecular complexity index is 1160. The van der Waals surface area contributed by atoms with Gasteiger partial charge in [0.25, 0.3) is 5.91 Å². The lowest BCUT2D eigenvalue weighted by Crippen LogP contribution is -2.64. The summed E-state index contributed by atoms with van der Waals surface area (Å²) in [6.45, 7) is 6.02. The normalized spacial score (nSPS) is 37.6. The molecular formula is C32H46FN3O7S. The van der Waals surface area contributed by atoms with Crippen LogP contribution in [-0.4, -0.2) is 100 Å². The molecule has 44 heavy (non-hydrogen) atoms. The van der Waals surface area contributed by atoms with Crippen molar-refractivity contribution in [1.29, 1.82) is 0 Å². The summed E-state index contributed by atoms with van der Waals surface area (Å²) in [6.07, 6.45) is 2.35. The average molecular weight is 636 g/mol. The number of aliphatic hydroxyl groups is 3. The maximum Gasteiger partial charge on any atom is 0.251 e. The number of hydrogen-bond donors (Lipinski definition) is 6. The van der Waals surface area contributed by atoms with E-state index in [1.807, 2.05) is 12.2 Å². The minimum atomic E-state index is -1.49. The summed E-state index contributed by atoms with van der Waals surface area (Å²) in [4.78, 5) is 26.2. The Morgan fingerprint density at radius 3 is 2.57 bits per heavy atom. The number of nitrogens with one attached hydrogen (secondary N) is 3. The third-order valence-corrected chi connectivity index (χ3v) is 10.6. The zero-order valence-electron chi connectivity index (χ0n) is 25.3. The molecule has 6 N–H and O–H groups in total. The van der Waals surface area contributed by atoms with E-state index in [0.29, 0.717) is 43.4 Å². The molecule has 5 rings (SSSR count). The summed E-state index contributed by atoms with van der Waals surface area (Å²) in [5.41, 5.74) is -0.584. The Morgan fingerprint density at radius 1 is 1.07 bits per heavy atom.